The van der Waals surface area contributed by atoms with Crippen molar-refractivity contribution >= 4 is 15.5 Å². The molecule has 0 bridgehead atoms. The van der Waals surface area contributed by atoms with E-state index in [-0.39, 0.29) is 5.75 Å². The van der Waals surface area contributed by atoms with Crippen LogP contribution in [0.1, 0.15) is 6.42 Å². The molecule has 0 aliphatic heterocycles. The van der Waals surface area contributed by atoms with E-state index in [2.05, 4.69) is 0 Å². The minimum atomic E-state index is -2.89. The van der Waals surface area contributed by atoms with Gasteiger partial charge in [0.2, 0.25) is 0 Å². The molecular weight excluding hydrogens is 214 g/mol. The number of nitrogens with two attached hydrogens (primary N) is 1. The molecular formula is C10H15NO3S. The molecule has 0 unspecified atom stereocenters. The van der Waals surface area contributed by atoms with Gasteiger partial charge in [0.1, 0.15) is 15.6 Å². The molecule has 0 amide bonds. The summed E-state index contributed by atoms with van der Waals surface area (Å²) < 4.78 is 27.0. The summed E-state index contributed by atoms with van der Waals surface area (Å²) in [7, 11) is -2.89. The van der Waals surface area contributed by atoms with Crippen molar-refractivity contribution < 1.29 is 13.2 Å². The first-order chi connectivity index (χ1) is 6.97. The average molecular weight is 229 g/mol. The Kier molecular flexibility index (Phi) is 3.96. The standard InChI is InChI=1S/C10H15NO3S/c1-15(12,13)8-2-7-14-10-5-3-9(11)4-6-10/h3-6H,2,7-8,11H2,1H3. The van der Waals surface area contributed by atoms with E-state index in [4.69, 9.17) is 10.5 Å². The summed E-state index contributed by atoms with van der Waals surface area (Å²) in [6.45, 7) is 0.400. The SMILES string of the molecule is CS(=O)(=O)CCCOc1ccc(N)cc1. The summed E-state index contributed by atoms with van der Waals surface area (Å²) in [6, 6.07) is 7.00. The number of sulfone groups is 1. The zero-order valence-electron chi connectivity index (χ0n) is 8.64. The van der Waals surface area contributed by atoms with Gasteiger partial charge in [-0.1, -0.05) is 0 Å². The second-order valence-electron chi connectivity index (χ2n) is 3.40. The Hall–Kier alpha value is -1.23. The van der Waals surface area contributed by atoms with Gasteiger partial charge in [-0.3, -0.25) is 0 Å². The molecule has 0 aromatic heterocycles. The van der Waals surface area contributed by atoms with E-state index >= 15 is 0 Å². The predicted molar refractivity (Wildman–Crippen MR) is 60.7 cm³/mol. The monoisotopic (exact) mass is 229 g/mol. The van der Waals surface area contributed by atoms with E-state index in [0.717, 1.165) is 0 Å². The third-order valence-corrected chi connectivity index (χ3v) is 2.84. The number of hydrogen-bond donors (Lipinski definition) is 1. The minimum absolute atomic E-state index is 0.155. The molecule has 0 saturated heterocycles. The van der Waals surface area contributed by atoms with Gasteiger partial charge < -0.3 is 10.5 Å². The van der Waals surface area contributed by atoms with Crippen molar-refractivity contribution in [1.82, 2.24) is 0 Å². The Morgan fingerprint density at radius 2 is 1.87 bits per heavy atom. The van der Waals surface area contributed by atoms with Gasteiger partial charge in [-0.15, -0.1) is 0 Å². The van der Waals surface area contributed by atoms with Crippen LogP contribution in [-0.4, -0.2) is 27.0 Å². The maximum absolute atomic E-state index is 10.8. The summed E-state index contributed by atoms with van der Waals surface area (Å²) in [5, 5.41) is 0. The molecule has 1 aromatic rings. The molecule has 0 aliphatic rings. The van der Waals surface area contributed by atoms with Crippen LogP contribution < -0.4 is 10.5 Å². The van der Waals surface area contributed by atoms with Crippen molar-refractivity contribution in [3.8, 4) is 5.75 Å². The molecule has 0 atom stereocenters. The third kappa shape index (κ3) is 5.27. The van der Waals surface area contributed by atoms with Crippen molar-refractivity contribution in [2.45, 2.75) is 6.42 Å². The number of hydrogen-bond acceptors (Lipinski definition) is 4. The maximum atomic E-state index is 10.8. The van der Waals surface area contributed by atoms with Gasteiger partial charge in [-0.05, 0) is 30.7 Å². The summed E-state index contributed by atoms with van der Waals surface area (Å²) >= 11 is 0. The van der Waals surface area contributed by atoms with Crippen LogP contribution in [0.25, 0.3) is 0 Å². The van der Waals surface area contributed by atoms with Gasteiger partial charge in [-0.2, -0.15) is 0 Å². The van der Waals surface area contributed by atoms with Gasteiger partial charge in [0, 0.05) is 11.9 Å². The van der Waals surface area contributed by atoms with Crippen molar-refractivity contribution in [2.75, 3.05) is 24.3 Å². The molecule has 15 heavy (non-hydrogen) atoms. The van der Waals surface area contributed by atoms with Gasteiger partial charge in [0.15, 0.2) is 0 Å². The van der Waals surface area contributed by atoms with E-state index in [1.807, 2.05) is 0 Å². The Morgan fingerprint density at radius 3 is 2.40 bits per heavy atom. The summed E-state index contributed by atoms with van der Waals surface area (Å²) in [6.07, 6.45) is 1.72. The lowest BCUT2D eigenvalue weighted by Crippen LogP contribution is -2.07. The van der Waals surface area contributed by atoms with Crippen LogP contribution in [0.3, 0.4) is 0 Å². The average Bonchev–Trinajstić information content (AvgIpc) is 2.14. The van der Waals surface area contributed by atoms with Crippen LogP contribution in [0.2, 0.25) is 0 Å². The van der Waals surface area contributed by atoms with Crippen molar-refractivity contribution in [1.29, 1.82) is 0 Å². The fraction of sp³-hybridized carbons (Fsp3) is 0.400. The third-order valence-electron chi connectivity index (χ3n) is 1.81. The maximum Gasteiger partial charge on any atom is 0.147 e. The van der Waals surface area contributed by atoms with E-state index in [1.54, 1.807) is 24.3 Å². The summed E-state index contributed by atoms with van der Waals surface area (Å²) in [5.74, 6) is 0.861. The molecule has 0 spiro atoms. The van der Waals surface area contributed by atoms with Crippen molar-refractivity contribution in [3.63, 3.8) is 0 Å². The Morgan fingerprint density at radius 1 is 1.27 bits per heavy atom. The molecule has 0 aliphatic carbocycles. The molecule has 2 N–H and O–H groups in total. The fourth-order valence-corrected chi connectivity index (χ4v) is 1.72. The van der Waals surface area contributed by atoms with Crippen LogP contribution in [0, 0.1) is 0 Å². The van der Waals surface area contributed by atoms with Crippen LogP contribution in [0.15, 0.2) is 24.3 Å². The van der Waals surface area contributed by atoms with Crippen molar-refractivity contribution in [2.24, 2.45) is 0 Å². The molecule has 0 saturated carbocycles. The number of benzene rings is 1. The highest BCUT2D eigenvalue weighted by atomic mass is 32.2. The van der Waals surface area contributed by atoms with Gasteiger partial charge in [0.05, 0.1) is 12.4 Å². The Balaban J connectivity index is 2.29. The molecule has 84 valence electrons. The minimum Gasteiger partial charge on any atom is -0.494 e. The first kappa shape index (κ1) is 11.8. The van der Waals surface area contributed by atoms with Gasteiger partial charge in [-0.25, -0.2) is 8.42 Å². The van der Waals surface area contributed by atoms with Crippen LogP contribution in [0.5, 0.6) is 5.75 Å². The Bertz CT molecular complexity index is 397. The second-order valence-corrected chi connectivity index (χ2v) is 5.66. The van der Waals surface area contributed by atoms with Crippen LogP contribution >= 0.6 is 0 Å². The molecule has 0 heterocycles. The molecule has 0 radical (unpaired) electrons. The van der Waals surface area contributed by atoms with E-state index < -0.39 is 9.84 Å². The lowest BCUT2D eigenvalue weighted by molar-refractivity contribution is 0.318. The molecule has 1 rings (SSSR count). The molecule has 4 nitrogen and oxygen atoms in total. The number of rotatable bonds is 5. The normalized spacial score (nSPS) is 11.3. The fourth-order valence-electron chi connectivity index (χ4n) is 1.08. The lowest BCUT2D eigenvalue weighted by Gasteiger charge is -2.05. The quantitative estimate of drug-likeness (QED) is 0.606. The Labute approximate surface area is 90.0 Å². The molecule has 1 aromatic carbocycles. The second kappa shape index (κ2) is 5.02. The number of nitrogen functional groups attached to an aromatic ring is 1. The highest BCUT2D eigenvalue weighted by Crippen LogP contribution is 2.13. The first-order valence-electron chi connectivity index (χ1n) is 4.63. The number of anilines is 1. The zero-order valence-corrected chi connectivity index (χ0v) is 9.46. The van der Waals surface area contributed by atoms with Gasteiger partial charge >= 0.3 is 0 Å². The highest BCUT2D eigenvalue weighted by molar-refractivity contribution is 7.90. The summed E-state index contributed by atoms with van der Waals surface area (Å²) in [5.41, 5.74) is 6.18. The van der Waals surface area contributed by atoms with Gasteiger partial charge in [0.25, 0.3) is 0 Å². The van der Waals surface area contributed by atoms with E-state index in [1.165, 1.54) is 6.26 Å². The largest absolute Gasteiger partial charge is 0.494 e. The van der Waals surface area contributed by atoms with E-state index in [0.29, 0.717) is 24.5 Å². The molecule has 0 fully saturated rings. The topological polar surface area (TPSA) is 69.4 Å². The lowest BCUT2D eigenvalue weighted by atomic mass is 10.3. The van der Waals surface area contributed by atoms with E-state index in [9.17, 15) is 8.42 Å². The predicted octanol–water partition coefficient (Wildman–Crippen LogP) is 1.08. The van der Waals surface area contributed by atoms with Crippen LogP contribution in [0.4, 0.5) is 5.69 Å². The van der Waals surface area contributed by atoms with Crippen LogP contribution in [-0.2, 0) is 9.84 Å². The smallest absolute Gasteiger partial charge is 0.147 e. The van der Waals surface area contributed by atoms with Crippen molar-refractivity contribution in [3.05, 3.63) is 24.3 Å². The molecule has 5 heteroatoms. The zero-order chi connectivity index (χ0) is 11.3. The highest BCUT2D eigenvalue weighted by Gasteiger charge is 2.01. The number of ether oxygens (including phenoxy) is 1. The summed E-state index contributed by atoms with van der Waals surface area (Å²) in [4.78, 5) is 0. The first-order valence-corrected chi connectivity index (χ1v) is 6.69.